The van der Waals surface area contributed by atoms with E-state index in [0.29, 0.717) is 6.42 Å². The standard InChI is InChI=1S/C23H24N2O6/c1-13(21(26)25-19-10-11-30-20(19)22(27)28)24-23(29)31-12-18-16-8-4-2-6-14(16)15-7-3-5-9-17(15)18/h2-9,13,18-20H,10-12H2,1H3,(H,24,29)(H,25,26)(H,27,28)/t13-,19+,20-/m1/s1. The molecule has 1 aliphatic heterocycles. The highest BCUT2D eigenvalue weighted by Gasteiger charge is 2.36. The minimum absolute atomic E-state index is 0.0748. The lowest BCUT2D eigenvalue weighted by molar-refractivity contribution is -0.148. The predicted octanol–water partition coefficient (Wildman–Crippen LogP) is 2.27. The number of nitrogens with one attached hydrogen (secondary N) is 2. The Bertz CT molecular complexity index is 962. The van der Waals surface area contributed by atoms with Crippen LogP contribution in [0.15, 0.2) is 48.5 Å². The van der Waals surface area contributed by atoms with E-state index in [2.05, 4.69) is 22.8 Å². The molecule has 1 fully saturated rings. The van der Waals surface area contributed by atoms with Crippen molar-refractivity contribution in [2.45, 2.75) is 37.5 Å². The average molecular weight is 424 g/mol. The molecule has 0 unspecified atom stereocenters. The molecule has 31 heavy (non-hydrogen) atoms. The molecule has 8 heteroatoms. The van der Waals surface area contributed by atoms with Gasteiger partial charge in [-0.3, -0.25) is 4.79 Å². The number of alkyl carbamates (subject to hydrolysis) is 1. The van der Waals surface area contributed by atoms with Gasteiger partial charge in [-0.1, -0.05) is 48.5 Å². The van der Waals surface area contributed by atoms with Crippen molar-refractivity contribution in [2.24, 2.45) is 0 Å². The molecule has 2 aromatic rings. The van der Waals surface area contributed by atoms with Gasteiger partial charge in [-0.25, -0.2) is 9.59 Å². The van der Waals surface area contributed by atoms with Crippen molar-refractivity contribution in [1.82, 2.24) is 10.6 Å². The summed E-state index contributed by atoms with van der Waals surface area (Å²) in [7, 11) is 0. The van der Waals surface area contributed by atoms with Crippen molar-refractivity contribution in [3.63, 3.8) is 0 Å². The van der Waals surface area contributed by atoms with Gasteiger partial charge in [0.15, 0.2) is 6.10 Å². The number of rotatable bonds is 6. The Kier molecular flexibility index (Phi) is 5.90. The topological polar surface area (TPSA) is 114 Å². The fraction of sp³-hybridized carbons (Fsp3) is 0.348. The summed E-state index contributed by atoms with van der Waals surface area (Å²) in [4.78, 5) is 35.8. The molecule has 1 heterocycles. The van der Waals surface area contributed by atoms with E-state index in [4.69, 9.17) is 14.6 Å². The van der Waals surface area contributed by atoms with Crippen molar-refractivity contribution in [1.29, 1.82) is 0 Å². The zero-order chi connectivity index (χ0) is 22.0. The molecule has 0 spiro atoms. The maximum absolute atomic E-state index is 12.4. The third kappa shape index (κ3) is 4.25. The number of carbonyl (C=O) groups is 3. The molecule has 2 aromatic carbocycles. The van der Waals surface area contributed by atoms with Crippen LogP contribution in [0.5, 0.6) is 0 Å². The Morgan fingerprint density at radius 1 is 1.10 bits per heavy atom. The molecule has 8 nitrogen and oxygen atoms in total. The van der Waals surface area contributed by atoms with Gasteiger partial charge in [-0.05, 0) is 35.6 Å². The highest BCUT2D eigenvalue weighted by Crippen LogP contribution is 2.44. The fourth-order valence-corrected chi connectivity index (χ4v) is 4.17. The summed E-state index contributed by atoms with van der Waals surface area (Å²) < 4.78 is 10.6. The minimum Gasteiger partial charge on any atom is -0.479 e. The highest BCUT2D eigenvalue weighted by molar-refractivity contribution is 5.86. The molecule has 0 radical (unpaired) electrons. The smallest absolute Gasteiger partial charge is 0.407 e. The number of carboxylic acids is 1. The third-order valence-corrected chi connectivity index (χ3v) is 5.73. The van der Waals surface area contributed by atoms with E-state index in [9.17, 15) is 14.4 Å². The molecular weight excluding hydrogens is 400 g/mol. The van der Waals surface area contributed by atoms with Crippen molar-refractivity contribution in [2.75, 3.05) is 13.2 Å². The summed E-state index contributed by atoms with van der Waals surface area (Å²) in [6, 6.07) is 14.5. The Morgan fingerprint density at radius 2 is 1.71 bits per heavy atom. The Labute approximate surface area is 179 Å². The lowest BCUT2D eigenvalue weighted by Gasteiger charge is -2.20. The molecule has 0 saturated carbocycles. The van der Waals surface area contributed by atoms with Crippen LogP contribution in [0, 0.1) is 0 Å². The van der Waals surface area contributed by atoms with Crippen LogP contribution in [0.4, 0.5) is 4.79 Å². The van der Waals surface area contributed by atoms with E-state index in [1.807, 2.05) is 36.4 Å². The number of aliphatic carboxylic acids is 1. The van der Waals surface area contributed by atoms with Crippen LogP contribution in [0.3, 0.4) is 0 Å². The lowest BCUT2D eigenvalue weighted by atomic mass is 9.98. The Hall–Kier alpha value is -3.39. The van der Waals surface area contributed by atoms with Crippen LogP contribution in [-0.4, -0.2) is 54.5 Å². The summed E-state index contributed by atoms with van der Waals surface area (Å²) in [5, 5.41) is 14.3. The van der Waals surface area contributed by atoms with Crippen LogP contribution in [-0.2, 0) is 19.1 Å². The molecule has 2 aliphatic rings. The van der Waals surface area contributed by atoms with Crippen molar-refractivity contribution < 1.29 is 29.0 Å². The number of fused-ring (bicyclic) bond motifs is 3. The zero-order valence-corrected chi connectivity index (χ0v) is 17.0. The van der Waals surface area contributed by atoms with E-state index >= 15 is 0 Å². The maximum Gasteiger partial charge on any atom is 0.407 e. The van der Waals surface area contributed by atoms with E-state index in [0.717, 1.165) is 22.3 Å². The van der Waals surface area contributed by atoms with Gasteiger partial charge in [-0.2, -0.15) is 0 Å². The first kappa shape index (κ1) is 20.9. The van der Waals surface area contributed by atoms with Crippen LogP contribution in [0.2, 0.25) is 0 Å². The van der Waals surface area contributed by atoms with Gasteiger partial charge < -0.3 is 25.2 Å². The number of ether oxygens (including phenoxy) is 2. The second-order valence-corrected chi connectivity index (χ2v) is 7.72. The summed E-state index contributed by atoms with van der Waals surface area (Å²) in [6.45, 7) is 1.92. The van der Waals surface area contributed by atoms with Gasteiger partial charge in [0.25, 0.3) is 0 Å². The first-order chi connectivity index (χ1) is 15.0. The molecule has 1 saturated heterocycles. The number of amides is 2. The van der Waals surface area contributed by atoms with E-state index < -0.39 is 36.2 Å². The molecule has 2 amide bonds. The van der Waals surface area contributed by atoms with Gasteiger partial charge in [-0.15, -0.1) is 0 Å². The quantitative estimate of drug-likeness (QED) is 0.656. The van der Waals surface area contributed by atoms with E-state index in [1.54, 1.807) is 0 Å². The Balaban J connectivity index is 1.33. The summed E-state index contributed by atoms with van der Waals surface area (Å²) in [6.07, 6.45) is -1.38. The largest absolute Gasteiger partial charge is 0.479 e. The summed E-state index contributed by atoms with van der Waals surface area (Å²) >= 11 is 0. The second kappa shape index (κ2) is 8.77. The molecule has 3 atom stereocenters. The SMILES string of the molecule is C[C@@H](NC(=O)OCC1c2ccccc2-c2ccccc21)C(=O)N[C@H]1CCO[C@H]1C(=O)O. The number of carboxylic acid groups (broad SMARTS) is 1. The molecular formula is C23H24N2O6. The molecule has 4 rings (SSSR count). The van der Waals surface area contributed by atoms with Crippen LogP contribution < -0.4 is 10.6 Å². The predicted molar refractivity (Wildman–Crippen MR) is 112 cm³/mol. The third-order valence-electron chi connectivity index (χ3n) is 5.73. The summed E-state index contributed by atoms with van der Waals surface area (Å²) in [5.74, 6) is -1.69. The molecule has 0 aromatic heterocycles. The van der Waals surface area contributed by atoms with Crippen molar-refractivity contribution >= 4 is 18.0 Å². The van der Waals surface area contributed by atoms with Gasteiger partial charge in [0.05, 0.1) is 6.04 Å². The lowest BCUT2D eigenvalue weighted by Crippen LogP contribution is -2.51. The number of carbonyl (C=O) groups excluding carboxylic acids is 2. The first-order valence-electron chi connectivity index (χ1n) is 10.2. The van der Waals surface area contributed by atoms with Gasteiger partial charge in [0.2, 0.25) is 5.91 Å². The van der Waals surface area contributed by atoms with Crippen LogP contribution in [0.1, 0.15) is 30.4 Å². The van der Waals surface area contributed by atoms with Crippen molar-refractivity contribution in [3.8, 4) is 11.1 Å². The van der Waals surface area contributed by atoms with Gasteiger partial charge in [0.1, 0.15) is 12.6 Å². The average Bonchev–Trinajstić information content (AvgIpc) is 3.35. The Morgan fingerprint density at radius 3 is 2.32 bits per heavy atom. The first-order valence-corrected chi connectivity index (χ1v) is 10.2. The van der Waals surface area contributed by atoms with E-state index in [-0.39, 0.29) is 19.1 Å². The molecule has 0 bridgehead atoms. The second-order valence-electron chi connectivity index (χ2n) is 7.72. The van der Waals surface area contributed by atoms with Crippen LogP contribution >= 0.6 is 0 Å². The monoisotopic (exact) mass is 424 g/mol. The fourth-order valence-electron chi connectivity index (χ4n) is 4.17. The van der Waals surface area contributed by atoms with Crippen LogP contribution in [0.25, 0.3) is 11.1 Å². The normalized spacial score (nSPS) is 20.4. The maximum atomic E-state index is 12.4. The van der Waals surface area contributed by atoms with Crippen molar-refractivity contribution in [3.05, 3.63) is 59.7 Å². The molecule has 1 aliphatic carbocycles. The number of hydrogen-bond acceptors (Lipinski definition) is 5. The number of benzene rings is 2. The molecule has 162 valence electrons. The van der Waals surface area contributed by atoms with Gasteiger partial charge >= 0.3 is 12.1 Å². The summed E-state index contributed by atoms with van der Waals surface area (Å²) in [5.41, 5.74) is 4.46. The highest BCUT2D eigenvalue weighted by atomic mass is 16.5. The molecule has 3 N–H and O–H groups in total. The zero-order valence-electron chi connectivity index (χ0n) is 17.0. The number of hydrogen-bond donors (Lipinski definition) is 3. The van der Waals surface area contributed by atoms with E-state index in [1.165, 1.54) is 6.92 Å². The minimum atomic E-state index is -1.13. The van der Waals surface area contributed by atoms with Gasteiger partial charge in [0, 0.05) is 12.5 Å².